The van der Waals surface area contributed by atoms with E-state index < -0.39 is 29.3 Å². The normalized spacial score (nSPS) is 14.9. The number of urea groups is 1. The van der Waals surface area contributed by atoms with Gasteiger partial charge in [0.2, 0.25) is 5.78 Å². The number of rotatable bonds is 7. The molecular weight excluding hydrogens is 388 g/mol. The van der Waals surface area contributed by atoms with Gasteiger partial charge in [-0.3, -0.25) is 14.5 Å². The van der Waals surface area contributed by atoms with E-state index in [0.717, 1.165) is 4.90 Å². The Labute approximate surface area is 173 Å². The Morgan fingerprint density at radius 3 is 2.27 bits per heavy atom. The van der Waals surface area contributed by atoms with Crippen molar-refractivity contribution in [2.45, 2.75) is 13.5 Å². The van der Waals surface area contributed by atoms with Crippen molar-refractivity contribution in [3.8, 4) is 5.75 Å². The molecule has 0 spiro atoms. The van der Waals surface area contributed by atoms with Gasteiger partial charge in [-0.25, -0.2) is 9.59 Å². The van der Waals surface area contributed by atoms with E-state index in [-0.39, 0.29) is 24.4 Å². The van der Waals surface area contributed by atoms with Crippen molar-refractivity contribution >= 4 is 23.7 Å². The van der Waals surface area contributed by atoms with Crippen LogP contribution in [0.1, 0.15) is 22.8 Å². The molecule has 154 valence electrons. The monoisotopic (exact) mass is 408 g/mol. The first kappa shape index (κ1) is 20.8. The minimum atomic E-state index is -0.971. The zero-order valence-electron chi connectivity index (χ0n) is 16.5. The summed E-state index contributed by atoms with van der Waals surface area (Å²) in [6.07, 6.45) is 0. The maximum absolute atomic E-state index is 12.9. The zero-order chi connectivity index (χ0) is 21.7. The minimum absolute atomic E-state index is 0.00931. The second kappa shape index (κ2) is 9.04. The molecule has 0 bridgehead atoms. The van der Waals surface area contributed by atoms with E-state index in [0.29, 0.717) is 11.3 Å². The summed E-state index contributed by atoms with van der Waals surface area (Å²) in [4.78, 5) is 51.7. The van der Waals surface area contributed by atoms with Gasteiger partial charge in [-0.1, -0.05) is 42.5 Å². The summed E-state index contributed by atoms with van der Waals surface area (Å²) in [6, 6.07) is 14.1. The molecule has 3 rings (SSSR count). The van der Waals surface area contributed by atoms with E-state index in [4.69, 9.17) is 9.47 Å². The molecule has 0 unspecified atom stereocenters. The number of ether oxygens (including phenoxy) is 2. The second-order valence-electron chi connectivity index (χ2n) is 6.34. The fourth-order valence-electron chi connectivity index (χ4n) is 2.93. The van der Waals surface area contributed by atoms with E-state index in [1.807, 2.05) is 0 Å². The van der Waals surface area contributed by atoms with Gasteiger partial charge in [-0.05, 0) is 24.6 Å². The number of imide groups is 1. The van der Waals surface area contributed by atoms with Crippen molar-refractivity contribution in [2.24, 2.45) is 0 Å². The minimum Gasteiger partial charge on any atom is -0.497 e. The standard InChI is InChI=1S/C22H20N2O6/c1-3-30-21(27)17(19(25)15-7-5-4-6-8-15)18-20(26)24(22(28)23-18)13-14-9-11-16(29-2)12-10-14/h4-12H,3,13H2,1-2H3,(H,23,28). The molecule has 2 aromatic carbocycles. The molecule has 8 nitrogen and oxygen atoms in total. The van der Waals surface area contributed by atoms with Crippen LogP contribution in [0.2, 0.25) is 0 Å². The predicted molar refractivity (Wildman–Crippen MR) is 107 cm³/mol. The Kier molecular flexibility index (Phi) is 6.26. The number of nitrogens with zero attached hydrogens (tertiary/aromatic N) is 1. The molecule has 3 amide bonds. The van der Waals surface area contributed by atoms with Crippen LogP contribution >= 0.6 is 0 Å². The van der Waals surface area contributed by atoms with Crippen molar-refractivity contribution in [3.05, 3.63) is 77.0 Å². The van der Waals surface area contributed by atoms with E-state index in [1.54, 1.807) is 49.4 Å². The lowest BCUT2D eigenvalue weighted by atomic mass is 10.0. The van der Waals surface area contributed by atoms with Crippen molar-refractivity contribution in [1.29, 1.82) is 0 Å². The van der Waals surface area contributed by atoms with Crippen molar-refractivity contribution in [3.63, 3.8) is 0 Å². The SMILES string of the molecule is CCOC(=O)C(C(=O)c1ccccc1)=C1NC(=O)N(Cc2ccc(OC)cc2)C1=O. The highest BCUT2D eigenvalue weighted by Gasteiger charge is 2.40. The van der Waals surface area contributed by atoms with Gasteiger partial charge in [0.25, 0.3) is 5.91 Å². The summed E-state index contributed by atoms with van der Waals surface area (Å²) in [5.41, 5.74) is -0.0178. The molecule has 0 saturated carbocycles. The number of hydrogen-bond donors (Lipinski definition) is 1. The lowest BCUT2D eigenvalue weighted by Gasteiger charge is -2.12. The summed E-state index contributed by atoms with van der Waals surface area (Å²) >= 11 is 0. The van der Waals surface area contributed by atoms with Crippen LogP contribution in [0.15, 0.2) is 65.9 Å². The third-order valence-corrected chi connectivity index (χ3v) is 4.43. The molecule has 2 aromatic rings. The van der Waals surface area contributed by atoms with Crippen LogP contribution in [-0.2, 0) is 20.9 Å². The van der Waals surface area contributed by atoms with E-state index in [1.165, 1.54) is 19.2 Å². The fraction of sp³-hybridized carbons (Fsp3) is 0.182. The van der Waals surface area contributed by atoms with Crippen LogP contribution in [-0.4, -0.2) is 42.3 Å². The molecule has 1 heterocycles. The zero-order valence-corrected chi connectivity index (χ0v) is 16.5. The lowest BCUT2D eigenvalue weighted by molar-refractivity contribution is -0.138. The summed E-state index contributed by atoms with van der Waals surface area (Å²) in [5, 5.41) is 2.36. The van der Waals surface area contributed by atoms with Crippen LogP contribution in [0.4, 0.5) is 4.79 Å². The Morgan fingerprint density at radius 1 is 1.00 bits per heavy atom. The topological polar surface area (TPSA) is 102 Å². The fourth-order valence-corrected chi connectivity index (χ4v) is 2.93. The molecule has 0 atom stereocenters. The Hall–Kier alpha value is -3.94. The van der Waals surface area contributed by atoms with Crippen LogP contribution in [0.3, 0.4) is 0 Å². The van der Waals surface area contributed by atoms with Gasteiger partial charge in [0, 0.05) is 5.56 Å². The number of esters is 1. The largest absolute Gasteiger partial charge is 0.497 e. The first-order chi connectivity index (χ1) is 14.5. The van der Waals surface area contributed by atoms with Gasteiger partial charge >= 0.3 is 12.0 Å². The van der Waals surface area contributed by atoms with Crippen molar-refractivity contribution < 1.29 is 28.7 Å². The van der Waals surface area contributed by atoms with Crippen LogP contribution in [0.5, 0.6) is 5.75 Å². The van der Waals surface area contributed by atoms with Gasteiger partial charge in [0.1, 0.15) is 17.0 Å². The lowest BCUT2D eigenvalue weighted by Crippen LogP contribution is -2.30. The quantitative estimate of drug-likeness (QED) is 0.189. The number of benzene rings is 2. The highest BCUT2D eigenvalue weighted by molar-refractivity contribution is 6.29. The van der Waals surface area contributed by atoms with Crippen LogP contribution in [0, 0.1) is 0 Å². The van der Waals surface area contributed by atoms with Crippen LogP contribution in [0.25, 0.3) is 0 Å². The van der Waals surface area contributed by atoms with Crippen LogP contribution < -0.4 is 10.1 Å². The molecule has 1 N–H and O–H groups in total. The van der Waals surface area contributed by atoms with Crippen molar-refractivity contribution in [1.82, 2.24) is 10.2 Å². The van der Waals surface area contributed by atoms with Gasteiger partial charge in [-0.2, -0.15) is 0 Å². The number of carbonyl (C=O) groups excluding carboxylic acids is 4. The first-order valence-electron chi connectivity index (χ1n) is 9.23. The van der Waals surface area contributed by atoms with Crippen molar-refractivity contribution in [2.75, 3.05) is 13.7 Å². The number of methoxy groups -OCH3 is 1. The number of Topliss-reactive ketones (excluding diaryl/α,β-unsaturated/α-hetero) is 1. The summed E-state index contributed by atoms with van der Waals surface area (Å²) < 4.78 is 10.1. The molecule has 1 aliphatic heterocycles. The number of amides is 3. The molecule has 0 radical (unpaired) electrons. The maximum Gasteiger partial charge on any atom is 0.344 e. The molecule has 1 aliphatic rings. The van der Waals surface area contributed by atoms with Gasteiger partial charge in [0.15, 0.2) is 0 Å². The molecule has 1 saturated heterocycles. The number of carbonyl (C=O) groups is 4. The van der Waals surface area contributed by atoms with Gasteiger partial charge in [0.05, 0.1) is 20.3 Å². The molecule has 30 heavy (non-hydrogen) atoms. The second-order valence-corrected chi connectivity index (χ2v) is 6.34. The number of ketones is 1. The summed E-state index contributed by atoms with van der Waals surface area (Å²) in [6.45, 7) is 1.56. The Balaban J connectivity index is 1.96. The van der Waals surface area contributed by atoms with Gasteiger partial charge < -0.3 is 14.8 Å². The third kappa shape index (κ3) is 4.22. The summed E-state index contributed by atoms with van der Waals surface area (Å²) in [5.74, 6) is -1.82. The molecule has 0 aromatic heterocycles. The molecule has 8 heteroatoms. The maximum atomic E-state index is 12.9. The number of nitrogens with one attached hydrogen (secondary N) is 1. The van der Waals surface area contributed by atoms with E-state index in [9.17, 15) is 19.2 Å². The first-order valence-corrected chi connectivity index (χ1v) is 9.23. The highest BCUT2D eigenvalue weighted by atomic mass is 16.5. The third-order valence-electron chi connectivity index (χ3n) is 4.43. The van der Waals surface area contributed by atoms with E-state index >= 15 is 0 Å². The van der Waals surface area contributed by atoms with E-state index in [2.05, 4.69) is 5.32 Å². The molecular formula is C22H20N2O6. The molecule has 0 aliphatic carbocycles. The smallest absolute Gasteiger partial charge is 0.344 e. The predicted octanol–water partition coefficient (Wildman–Crippen LogP) is 2.45. The Morgan fingerprint density at radius 2 is 1.67 bits per heavy atom. The molecule has 1 fully saturated rings. The summed E-state index contributed by atoms with van der Waals surface area (Å²) in [7, 11) is 1.53. The van der Waals surface area contributed by atoms with Gasteiger partial charge in [-0.15, -0.1) is 0 Å². The Bertz CT molecular complexity index is 1010. The number of hydrogen-bond acceptors (Lipinski definition) is 6. The average Bonchev–Trinajstić information content (AvgIpc) is 3.03. The highest BCUT2D eigenvalue weighted by Crippen LogP contribution is 2.22. The average molecular weight is 408 g/mol.